The highest BCUT2D eigenvalue weighted by atomic mass is 32.2. The van der Waals surface area contributed by atoms with Crippen molar-refractivity contribution in [2.45, 2.75) is 37.8 Å². The molecule has 2 aromatic rings. The van der Waals surface area contributed by atoms with Gasteiger partial charge in [0.2, 0.25) is 15.9 Å². The Bertz CT molecular complexity index is 1000. The van der Waals surface area contributed by atoms with Gasteiger partial charge in [-0.3, -0.25) is 4.79 Å². The predicted molar refractivity (Wildman–Crippen MR) is 117 cm³/mol. The van der Waals surface area contributed by atoms with Gasteiger partial charge in [0.05, 0.1) is 11.4 Å². The molecule has 1 aliphatic heterocycles. The van der Waals surface area contributed by atoms with E-state index < -0.39 is 10.0 Å². The first-order chi connectivity index (χ1) is 14.4. The van der Waals surface area contributed by atoms with Crippen LogP contribution in [0.5, 0.6) is 0 Å². The molecule has 0 atom stereocenters. The third kappa shape index (κ3) is 5.80. The first kappa shape index (κ1) is 21.8. The molecule has 0 aromatic heterocycles. The van der Waals surface area contributed by atoms with Crippen LogP contribution in [0.25, 0.3) is 0 Å². The van der Waals surface area contributed by atoms with E-state index in [0.717, 1.165) is 29.8 Å². The molecule has 0 unspecified atom stereocenters. The zero-order chi connectivity index (χ0) is 21.6. The summed E-state index contributed by atoms with van der Waals surface area (Å²) in [5.74, 6) is 0.836. The fourth-order valence-corrected chi connectivity index (χ4v) is 3.71. The summed E-state index contributed by atoms with van der Waals surface area (Å²) in [6.07, 6.45) is 1.53. The van der Waals surface area contributed by atoms with Gasteiger partial charge in [-0.05, 0) is 48.7 Å². The van der Waals surface area contributed by atoms with Gasteiger partial charge in [0.25, 0.3) is 0 Å². The van der Waals surface area contributed by atoms with Crippen molar-refractivity contribution in [1.29, 1.82) is 0 Å². The Morgan fingerprint density at radius 3 is 2.30 bits per heavy atom. The molecule has 1 saturated heterocycles. The Kier molecular flexibility index (Phi) is 7.07. The van der Waals surface area contributed by atoms with E-state index in [0.29, 0.717) is 32.0 Å². The van der Waals surface area contributed by atoms with Crippen molar-refractivity contribution in [3.63, 3.8) is 0 Å². The van der Waals surface area contributed by atoms with Crippen molar-refractivity contribution in [3.05, 3.63) is 59.7 Å². The number of amides is 1. The summed E-state index contributed by atoms with van der Waals surface area (Å²) in [6, 6.07) is 14.3. The number of anilines is 1. The van der Waals surface area contributed by atoms with Crippen molar-refractivity contribution in [3.8, 4) is 0 Å². The molecule has 160 valence electrons. The lowest BCUT2D eigenvalue weighted by Crippen LogP contribution is -2.36. The lowest BCUT2D eigenvalue weighted by Gasteiger charge is -2.16. The molecule has 1 aliphatic rings. The quantitative estimate of drug-likeness (QED) is 0.458. The Morgan fingerprint density at radius 2 is 1.73 bits per heavy atom. The molecule has 8 nitrogen and oxygen atoms in total. The molecular formula is C21H27N5O3S. The Morgan fingerprint density at radius 1 is 1.07 bits per heavy atom. The lowest BCUT2D eigenvalue weighted by molar-refractivity contribution is -0.117. The van der Waals surface area contributed by atoms with Gasteiger partial charge in [0.15, 0.2) is 5.96 Å². The van der Waals surface area contributed by atoms with Gasteiger partial charge in [-0.25, -0.2) is 18.5 Å². The maximum absolute atomic E-state index is 11.9. The Labute approximate surface area is 177 Å². The number of rotatable bonds is 7. The third-order valence-corrected chi connectivity index (χ3v) is 5.73. The van der Waals surface area contributed by atoms with Crippen LogP contribution in [0.3, 0.4) is 0 Å². The Hall–Kier alpha value is -2.91. The van der Waals surface area contributed by atoms with Gasteiger partial charge < -0.3 is 15.5 Å². The first-order valence-electron chi connectivity index (χ1n) is 9.90. The van der Waals surface area contributed by atoms with Crippen LogP contribution in [0, 0.1) is 0 Å². The Balaban J connectivity index is 1.59. The van der Waals surface area contributed by atoms with Crippen molar-refractivity contribution in [2.24, 2.45) is 10.1 Å². The van der Waals surface area contributed by atoms with E-state index >= 15 is 0 Å². The first-order valence-corrected chi connectivity index (χ1v) is 11.4. The zero-order valence-electron chi connectivity index (χ0n) is 17.0. The summed E-state index contributed by atoms with van der Waals surface area (Å²) in [7, 11) is -3.69. The maximum atomic E-state index is 11.9. The predicted octanol–water partition coefficient (Wildman–Crippen LogP) is 1.72. The van der Waals surface area contributed by atoms with Crippen molar-refractivity contribution in [2.75, 3.05) is 18.0 Å². The van der Waals surface area contributed by atoms with Gasteiger partial charge in [-0.2, -0.15) is 0 Å². The second kappa shape index (κ2) is 9.73. The van der Waals surface area contributed by atoms with E-state index in [4.69, 9.17) is 5.14 Å². The van der Waals surface area contributed by atoms with Crippen LogP contribution in [0.4, 0.5) is 5.69 Å². The number of nitrogens with two attached hydrogens (primary N) is 1. The van der Waals surface area contributed by atoms with E-state index in [1.54, 1.807) is 12.1 Å². The normalized spacial score (nSPS) is 14.8. The zero-order valence-corrected chi connectivity index (χ0v) is 17.8. The highest BCUT2D eigenvalue weighted by Crippen LogP contribution is 2.21. The van der Waals surface area contributed by atoms with Crippen molar-refractivity contribution >= 4 is 27.6 Å². The van der Waals surface area contributed by atoms with E-state index in [9.17, 15) is 13.2 Å². The van der Waals surface area contributed by atoms with Crippen LogP contribution in [-0.2, 0) is 27.9 Å². The van der Waals surface area contributed by atoms with E-state index in [1.165, 1.54) is 12.1 Å². The molecule has 1 amide bonds. The number of sulfonamides is 1. The minimum atomic E-state index is -3.69. The highest BCUT2D eigenvalue weighted by molar-refractivity contribution is 7.89. The fraction of sp³-hybridized carbons (Fsp3) is 0.333. The van der Waals surface area contributed by atoms with Gasteiger partial charge >= 0.3 is 0 Å². The summed E-state index contributed by atoms with van der Waals surface area (Å²) in [5, 5.41) is 11.5. The number of nitrogens with one attached hydrogen (secondary N) is 2. The van der Waals surface area contributed by atoms with Gasteiger partial charge in [0.1, 0.15) is 0 Å². The molecule has 0 radical (unpaired) electrons. The molecular weight excluding hydrogens is 402 g/mol. The molecule has 4 N–H and O–H groups in total. The minimum Gasteiger partial charge on any atom is -0.357 e. The molecule has 1 heterocycles. The number of primary sulfonamides is 1. The summed E-state index contributed by atoms with van der Waals surface area (Å²) in [5.41, 5.74) is 2.88. The van der Waals surface area contributed by atoms with E-state index in [-0.39, 0.29) is 10.8 Å². The molecule has 3 rings (SSSR count). The van der Waals surface area contributed by atoms with Crippen LogP contribution >= 0.6 is 0 Å². The molecule has 2 aromatic carbocycles. The highest BCUT2D eigenvalue weighted by Gasteiger charge is 2.21. The second-order valence-corrected chi connectivity index (χ2v) is 8.61. The number of benzene rings is 2. The van der Waals surface area contributed by atoms with Gasteiger partial charge in [-0.15, -0.1) is 0 Å². The average molecular weight is 430 g/mol. The summed E-state index contributed by atoms with van der Waals surface area (Å²) in [4.78, 5) is 18.4. The van der Waals surface area contributed by atoms with E-state index in [1.807, 2.05) is 36.1 Å². The smallest absolute Gasteiger partial charge is 0.238 e. The van der Waals surface area contributed by atoms with E-state index in [2.05, 4.69) is 15.6 Å². The molecule has 0 spiro atoms. The third-order valence-electron chi connectivity index (χ3n) is 4.80. The number of hydrogen-bond donors (Lipinski definition) is 3. The number of hydrogen-bond acceptors (Lipinski definition) is 4. The largest absolute Gasteiger partial charge is 0.357 e. The molecule has 0 aliphatic carbocycles. The summed E-state index contributed by atoms with van der Waals surface area (Å²) >= 11 is 0. The maximum Gasteiger partial charge on any atom is 0.238 e. The van der Waals surface area contributed by atoms with Gasteiger partial charge in [0, 0.05) is 31.7 Å². The summed E-state index contributed by atoms with van der Waals surface area (Å²) in [6.45, 7) is 4.47. The standard InChI is InChI=1S/C21H27N5O3S/c1-2-23-21(25-15-17-7-11-19(12-8-17)30(22,28)29)24-14-16-5-9-18(10-6-16)26-13-3-4-20(26)27/h5-12H,2-4,13-15H2,1H3,(H2,22,28,29)(H2,23,24,25). The van der Waals surface area contributed by atoms with Crippen molar-refractivity contribution in [1.82, 2.24) is 10.6 Å². The number of carbonyl (C=O) groups is 1. The number of aliphatic imine (C=N–C) groups is 1. The number of carbonyl (C=O) groups excluding carboxylic acids is 1. The molecule has 1 fully saturated rings. The van der Waals surface area contributed by atoms with Crippen molar-refractivity contribution < 1.29 is 13.2 Å². The molecule has 9 heteroatoms. The molecule has 0 bridgehead atoms. The van der Waals surface area contributed by atoms with Crippen LogP contribution in [-0.4, -0.2) is 33.4 Å². The van der Waals surface area contributed by atoms with Crippen LogP contribution in [0.15, 0.2) is 58.4 Å². The van der Waals surface area contributed by atoms with Crippen LogP contribution < -0.4 is 20.7 Å². The SMILES string of the molecule is CCNC(=NCc1ccc(N2CCCC2=O)cc1)NCc1ccc(S(N)(=O)=O)cc1. The topological polar surface area (TPSA) is 117 Å². The number of guanidine groups is 1. The number of nitrogens with zero attached hydrogens (tertiary/aromatic N) is 2. The lowest BCUT2D eigenvalue weighted by atomic mass is 10.2. The molecule has 30 heavy (non-hydrogen) atoms. The fourth-order valence-electron chi connectivity index (χ4n) is 3.20. The van der Waals surface area contributed by atoms with Crippen LogP contribution in [0.2, 0.25) is 0 Å². The monoisotopic (exact) mass is 429 g/mol. The van der Waals surface area contributed by atoms with Gasteiger partial charge in [-0.1, -0.05) is 24.3 Å². The second-order valence-electron chi connectivity index (χ2n) is 7.05. The summed E-state index contributed by atoms with van der Waals surface area (Å²) < 4.78 is 22.7. The average Bonchev–Trinajstić information content (AvgIpc) is 3.16. The minimum absolute atomic E-state index is 0.0888. The molecule has 0 saturated carbocycles. The van der Waals surface area contributed by atoms with Crippen LogP contribution in [0.1, 0.15) is 30.9 Å².